The maximum Gasteiger partial charge on any atom is 0.262 e. The Hall–Kier alpha value is -2.37. The first-order valence-electron chi connectivity index (χ1n) is 8.43. The molecule has 0 saturated carbocycles. The van der Waals surface area contributed by atoms with Gasteiger partial charge in [0.2, 0.25) is 0 Å². The molecule has 2 aromatic rings. The smallest absolute Gasteiger partial charge is 0.262 e. The van der Waals surface area contributed by atoms with Gasteiger partial charge in [-0.15, -0.1) is 0 Å². The third-order valence-electron chi connectivity index (χ3n) is 3.88. The van der Waals surface area contributed by atoms with Crippen molar-refractivity contribution < 1.29 is 9.59 Å². The number of hydrogen-bond donors (Lipinski definition) is 2. The normalized spacial score (nSPS) is 12.2. The molecule has 1 atom stereocenters. The molecule has 1 unspecified atom stereocenters. The van der Waals surface area contributed by atoms with Gasteiger partial charge in [0.1, 0.15) is 6.04 Å². The van der Waals surface area contributed by atoms with Crippen molar-refractivity contribution in [2.24, 2.45) is 11.0 Å². The predicted octanol–water partition coefficient (Wildman–Crippen LogP) is 4.21. The van der Waals surface area contributed by atoms with Crippen molar-refractivity contribution >= 4 is 41.2 Å². The van der Waals surface area contributed by atoms with Gasteiger partial charge in [0.25, 0.3) is 11.8 Å². The van der Waals surface area contributed by atoms with E-state index >= 15 is 0 Å². The largest absolute Gasteiger partial charge is 0.340 e. The number of hydrazone groups is 1. The van der Waals surface area contributed by atoms with Crippen molar-refractivity contribution in [2.45, 2.75) is 26.8 Å². The minimum Gasteiger partial charge on any atom is -0.340 e. The highest BCUT2D eigenvalue weighted by Crippen LogP contribution is 2.22. The Morgan fingerprint density at radius 3 is 2.30 bits per heavy atom. The molecule has 7 heteroatoms. The van der Waals surface area contributed by atoms with E-state index in [1.54, 1.807) is 12.3 Å². The second-order valence-electron chi connectivity index (χ2n) is 6.47. The van der Waals surface area contributed by atoms with Gasteiger partial charge in [0.15, 0.2) is 0 Å². The highest BCUT2D eigenvalue weighted by atomic mass is 35.5. The molecular formula is C20H21Cl2N3O2. The summed E-state index contributed by atoms with van der Waals surface area (Å²) >= 11 is 11.8. The van der Waals surface area contributed by atoms with E-state index in [4.69, 9.17) is 23.2 Å². The van der Waals surface area contributed by atoms with Crippen LogP contribution < -0.4 is 10.7 Å². The van der Waals surface area contributed by atoms with E-state index in [2.05, 4.69) is 15.8 Å². The van der Waals surface area contributed by atoms with Gasteiger partial charge in [-0.05, 0) is 36.6 Å². The second kappa shape index (κ2) is 9.53. The maximum atomic E-state index is 12.4. The van der Waals surface area contributed by atoms with E-state index in [1.807, 2.05) is 45.0 Å². The van der Waals surface area contributed by atoms with Crippen molar-refractivity contribution in [1.82, 2.24) is 10.7 Å². The lowest BCUT2D eigenvalue weighted by Gasteiger charge is -2.20. The van der Waals surface area contributed by atoms with Gasteiger partial charge in [-0.2, -0.15) is 5.10 Å². The fourth-order valence-corrected chi connectivity index (χ4v) is 2.59. The average molecular weight is 406 g/mol. The summed E-state index contributed by atoms with van der Waals surface area (Å²) < 4.78 is 0. The number of carbonyl (C=O) groups is 2. The fraction of sp³-hybridized carbons (Fsp3) is 0.250. The Bertz CT molecular complexity index is 849. The van der Waals surface area contributed by atoms with Gasteiger partial charge in [-0.25, -0.2) is 5.43 Å². The lowest BCUT2D eigenvalue weighted by molar-refractivity contribution is -0.123. The van der Waals surface area contributed by atoms with Crippen LogP contribution in [0.3, 0.4) is 0 Å². The predicted molar refractivity (Wildman–Crippen MR) is 109 cm³/mol. The number of hydrogen-bond acceptors (Lipinski definition) is 3. The van der Waals surface area contributed by atoms with Gasteiger partial charge in [-0.3, -0.25) is 9.59 Å². The van der Waals surface area contributed by atoms with Crippen LogP contribution in [0.15, 0.2) is 47.6 Å². The molecule has 2 rings (SSSR count). The van der Waals surface area contributed by atoms with E-state index in [0.717, 1.165) is 11.1 Å². The molecule has 0 spiro atoms. The van der Waals surface area contributed by atoms with E-state index in [0.29, 0.717) is 10.6 Å². The number of amides is 2. The Balaban J connectivity index is 2.02. The summed E-state index contributed by atoms with van der Waals surface area (Å²) in [6, 6.07) is 11.5. The molecule has 0 aliphatic carbocycles. The summed E-state index contributed by atoms with van der Waals surface area (Å²) in [4.78, 5) is 24.9. The fourth-order valence-electron chi connectivity index (χ4n) is 2.29. The van der Waals surface area contributed by atoms with Crippen LogP contribution >= 0.6 is 23.2 Å². The molecule has 0 saturated heterocycles. The zero-order valence-electron chi connectivity index (χ0n) is 15.3. The zero-order valence-corrected chi connectivity index (χ0v) is 16.8. The molecule has 27 heavy (non-hydrogen) atoms. The number of benzene rings is 2. The van der Waals surface area contributed by atoms with Crippen LogP contribution in [0.5, 0.6) is 0 Å². The van der Waals surface area contributed by atoms with E-state index < -0.39 is 17.9 Å². The van der Waals surface area contributed by atoms with Crippen LogP contribution in [0.25, 0.3) is 0 Å². The molecular weight excluding hydrogens is 385 g/mol. The van der Waals surface area contributed by atoms with Crippen molar-refractivity contribution in [3.05, 3.63) is 69.2 Å². The first-order chi connectivity index (χ1) is 12.8. The number of carbonyl (C=O) groups excluding carboxylic acids is 2. The van der Waals surface area contributed by atoms with Crippen molar-refractivity contribution in [3.63, 3.8) is 0 Å². The molecule has 0 fully saturated rings. The maximum absolute atomic E-state index is 12.4. The standard InChI is InChI=1S/C20H21Cl2N3O2/c1-12(2)18(24-19(26)15-8-9-16(21)17(22)10-15)20(27)25-23-11-14-6-4-13(3)5-7-14/h4-12,18H,1-3H3,(H,24,26)(H,25,27)/b23-11+. The Labute approximate surface area is 168 Å². The van der Waals surface area contributed by atoms with Gasteiger partial charge < -0.3 is 5.32 Å². The number of rotatable bonds is 6. The summed E-state index contributed by atoms with van der Waals surface area (Å²) in [7, 11) is 0. The van der Waals surface area contributed by atoms with Gasteiger partial charge in [0.05, 0.1) is 16.3 Å². The zero-order chi connectivity index (χ0) is 20.0. The van der Waals surface area contributed by atoms with Crippen LogP contribution in [0, 0.1) is 12.8 Å². The molecule has 5 nitrogen and oxygen atoms in total. The Morgan fingerprint density at radius 1 is 1.04 bits per heavy atom. The monoisotopic (exact) mass is 405 g/mol. The van der Waals surface area contributed by atoms with Crippen molar-refractivity contribution in [3.8, 4) is 0 Å². The van der Waals surface area contributed by atoms with Crippen LogP contribution in [0.2, 0.25) is 10.0 Å². The van der Waals surface area contributed by atoms with Gasteiger partial charge in [0, 0.05) is 5.56 Å². The van der Waals surface area contributed by atoms with E-state index in [9.17, 15) is 9.59 Å². The lowest BCUT2D eigenvalue weighted by atomic mass is 10.0. The highest BCUT2D eigenvalue weighted by molar-refractivity contribution is 6.42. The quantitative estimate of drug-likeness (QED) is 0.558. The Kier molecular flexibility index (Phi) is 7.39. The SMILES string of the molecule is Cc1ccc(/C=N/NC(=O)C(NC(=O)c2ccc(Cl)c(Cl)c2)C(C)C)cc1. The van der Waals surface area contributed by atoms with Crippen LogP contribution in [-0.2, 0) is 4.79 Å². The first kappa shape index (κ1) is 20.9. The number of halogens is 2. The summed E-state index contributed by atoms with van der Waals surface area (Å²) in [5.74, 6) is -0.946. The third kappa shape index (κ3) is 6.08. The number of aryl methyl sites for hydroxylation is 1. The van der Waals surface area contributed by atoms with Crippen LogP contribution in [0.4, 0.5) is 0 Å². The molecule has 0 bridgehead atoms. The second-order valence-corrected chi connectivity index (χ2v) is 7.28. The molecule has 0 heterocycles. The van der Waals surface area contributed by atoms with Crippen molar-refractivity contribution in [2.75, 3.05) is 0 Å². The van der Waals surface area contributed by atoms with Crippen LogP contribution in [0.1, 0.15) is 35.3 Å². The molecule has 0 radical (unpaired) electrons. The summed E-state index contributed by atoms with van der Waals surface area (Å²) in [5, 5.41) is 7.31. The molecule has 0 aliphatic rings. The van der Waals surface area contributed by atoms with Gasteiger partial charge in [-0.1, -0.05) is 66.9 Å². The molecule has 2 N–H and O–H groups in total. The van der Waals surface area contributed by atoms with Crippen LogP contribution in [-0.4, -0.2) is 24.1 Å². The van der Waals surface area contributed by atoms with Crippen molar-refractivity contribution in [1.29, 1.82) is 0 Å². The average Bonchev–Trinajstić information content (AvgIpc) is 2.63. The van der Waals surface area contributed by atoms with Gasteiger partial charge >= 0.3 is 0 Å². The molecule has 2 amide bonds. The number of nitrogens with zero attached hydrogens (tertiary/aromatic N) is 1. The Morgan fingerprint density at radius 2 is 1.70 bits per heavy atom. The molecule has 0 aliphatic heterocycles. The molecule has 0 aromatic heterocycles. The summed E-state index contributed by atoms with van der Waals surface area (Å²) in [5.41, 5.74) is 4.80. The van der Waals surface area contributed by atoms with E-state index in [1.165, 1.54) is 12.1 Å². The lowest BCUT2D eigenvalue weighted by Crippen LogP contribution is -2.48. The number of nitrogens with one attached hydrogen (secondary N) is 2. The highest BCUT2D eigenvalue weighted by Gasteiger charge is 2.24. The molecule has 142 valence electrons. The summed E-state index contributed by atoms with van der Waals surface area (Å²) in [6.07, 6.45) is 1.55. The molecule has 2 aromatic carbocycles. The third-order valence-corrected chi connectivity index (χ3v) is 4.62. The minimum atomic E-state index is -0.748. The van der Waals surface area contributed by atoms with E-state index in [-0.39, 0.29) is 10.9 Å². The topological polar surface area (TPSA) is 70.6 Å². The summed E-state index contributed by atoms with van der Waals surface area (Å²) in [6.45, 7) is 5.67. The minimum absolute atomic E-state index is 0.133. The first-order valence-corrected chi connectivity index (χ1v) is 9.19.